The molecule has 134 valence electrons. The lowest BCUT2D eigenvalue weighted by Crippen LogP contribution is -2.21. The third kappa shape index (κ3) is 3.67. The number of nitrogens with one attached hydrogen (secondary N) is 1. The Labute approximate surface area is 156 Å². The number of hydrogen-bond acceptors (Lipinski definition) is 4. The van der Waals surface area contributed by atoms with Crippen LogP contribution in [0.2, 0.25) is 0 Å². The third-order valence-corrected chi connectivity index (χ3v) is 4.72. The number of carbonyl (C=O) groups excluding carboxylic acids is 2. The predicted octanol–water partition coefficient (Wildman–Crippen LogP) is 3.41. The van der Waals surface area contributed by atoms with Crippen LogP contribution in [0.4, 0.5) is 5.69 Å². The molecule has 0 aliphatic carbocycles. The third-order valence-electron chi connectivity index (χ3n) is 3.95. The van der Waals surface area contributed by atoms with Gasteiger partial charge in [-0.05, 0) is 37.3 Å². The van der Waals surface area contributed by atoms with Gasteiger partial charge in [0.1, 0.15) is 5.69 Å². The number of carbonyl (C=O) groups is 2. The molecule has 2 aromatic heterocycles. The molecule has 0 fully saturated rings. The minimum absolute atomic E-state index is 0.0755. The van der Waals surface area contributed by atoms with Gasteiger partial charge in [0, 0.05) is 49.5 Å². The van der Waals surface area contributed by atoms with E-state index in [1.807, 2.05) is 31.6 Å². The lowest BCUT2D eigenvalue weighted by Gasteiger charge is -2.11. The summed E-state index contributed by atoms with van der Waals surface area (Å²) >= 11 is 1.58. The maximum absolute atomic E-state index is 12.6. The van der Waals surface area contributed by atoms with E-state index in [1.54, 1.807) is 54.3 Å². The SMILES string of the molecule is Cc1nc(-c2cc(C(=O)Nc3ccc(C(=O)N(C)C)cc3)n(C)c2)cs1. The molecule has 0 radical (unpaired) electrons. The lowest BCUT2D eigenvalue weighted by molar-refractivity contribution is 0.0827. The number of rotatable bonds is 4. The van der Waals surface area contributed by atoms with Crippen LogP contribution in [0.25, 0.3) is 11.3 Å². The van der Waals surface area contributed by atoms with Gasteiger partial charge < -0.3 is 14.8 Å². The van der Waals surface area contributed by atoms with E-state index in [1.165, 1.54) is 4.90 Å². The van der Waals surface area contributed by atoms with Gasteiger partial charge in [-0.3, -0.25) is 9.59 Å². The Morgan fingerprint density at radius 2 is 1.88 bits per heavy atom. The van der Waals surface area contributed by atoms with Gasteiger partial charge in [-0.2, -0.15) is 0 Å². The number of aromatic nitrogens is 2. The van der Waals surface area contributed by atoms with Crippen LogP contribution in [-0.2, 0) is 7.05 Å². The fraction of sp³-hybridized carbons (Fsp3) is 0.211. The zero-order valence-corrected chi connectivity index (χ0v) is 15.9. The van der Waals surface area contributed by atoms with Crippen LogP contribution in [0.3, 0.4) is 0 Å². The molecule has 0 atom stereocenters. The zero-order chi connectivity index (χ0) is 18.8. The van der Waals surface area contributed by atoms with Crippen LogP contribution in [0.5, 0.6) is 0 Å². The first-order valence-electron chi connectivity index (χ1n) is 8.07. The summed E-state index contributed by atoms with van der Waals surface area (Å²) in [7, 11) is 5.24. The summed E-state index contributed by atoms with van der Waals surface area (Å²) < 4.78 is 1.78. The summed E-state index contributed by atoms with van der Waals surface area (Å²) in [5, 5.41) is 5.83. The van der Waals surface area contributed by atoms with Crippen molar-refractivity contribution in [1.29, 1.82) is 0 Å². The molecule has 2 heterocycles. The second-order valence-electron chi connectivity index (χ2n) is 6.21. The van der Waals surface area contributed by atoms with Crippen LogP contribution in [-0.4, -0.2) is 40.4 Å². The van der Waals surface area contributed by atoms with Crippen LogP contribution in [0, 0.1) is 6.92 Å². The predicted molar refractivity (Wildman–Crippen MR) is 104 cm³/mol. The van der Waals surface area contributed by atoms with Crippen molar-refractivity contribution in [3.63, 3.8) is 0 Å². The Morgan fingerprint density at radius 3 is 2.46 bits per heavy atom. The van der Waals surface area contributed by atoms with Crippen LogP contribution >= 0.6 is 11.3 Å². The van der Waals surface area contributed by atoms with Gasteiger partial charge in [-0.1, -0.05) is 0 Å². The summed E-state index contributed by atoms with van der Waals surface area (Å²) in [6, 6.07) is 8.68. The second-order valence-corrected chi connectivity index (χ2v) is 7.27. The van der Waals surface area contributed by atoms with Crippen molar-refractivity contribution in [2.75, 3.05) is 19.4 Å². The van der Waals surface area contributed by atoms with E-state index in [2.05, 4.69) is 10.3 Å². The molecular weight excluding hydrogens is 348 g/mol. The Hall–Kier alpha value is -2.93. The topological polar surface area (TPSA) is 67.2 Å². The second kappa shape index (κ2) is 7.13. The summed E-state index contributed by atoms with van der Waals surface area (Å²) in [6.07, 6.45) is 1.89. The van der Waals surface area contributed by atoms with E-state index in [9.17, 15) is 9.59 Å². The van der Waals surface area contributed by atoms with Gasteiger partial charge in [-0.15, -0.1) is 11.3 Å². The Morgan fingerprint density at radius 1 is 1.19 bits per heavy atom. The Bertz CT molecular complexity index is 954. The fourth-order valence-electron chi connectivity index (χ4n) is 2.58. The minimum Gasteiger partial charge on any atom is -0.346 e. The fourth-order valence-corrected chi connectivity index (χ4v) is 3.20. The monoisotopic (exact) mass is 368 g/mol. The Balaban J connectivity index is 1.76. The highest BCUT2D eigenvalue weighted by Gasteiger charge is 2.15. The molecule has 0 spiro atoms. The highest BCUT2D eigenvalue weighted by atomic mass is 32.1. The number of amides is 2. The van der Waals surface area contributed by atoms with Gasteiger partial charge in [0.15, 0.2) is 0 Å². The van der Waals surface area contributed by atoms with Crippen LogP contribution < -0.4 is 5.32 Å². The van der Waals surface area contributed by atoms with E-state index in [4.69, 9.17) is 0 Å². The average molecular weight is 368 g/mol. The first-order chi connectivity index (χ1) is 12.3. The van der Waals surface area contributed by atoms with Crippen molar-refractivity contribution in [2.24, 2.45) is 7.05 Å². The molecule has 0 unspecified atom stereocenters. The van der Waals surface area contributed by atoms with Gasteiger partial charge in [0.05, 0.1) is 10.7 Å². The highest BCUT2D eigenvalue weighted by Crippen LogP contribution is 2.24. The normalized spacial score (nSPS) is 10.6. The molecule has 1 aromatic carbocycles. The summed E-state index contributed by atoms with van der Waals surface area (Å²) in [5.74, 6) is -0.286. The molecule has 3 rings (SSSR count). The first-order valence-corrected chi connectivity index (χ1v) is 8.95. The Kier molecular flexibility index (Phi) is 4.90. The molecular formula is C19H20N4O2S. The summed E-state index contributed by atoms with van der Waals surface area (Å²) in [5.41, 5.74) is 3.53. The first kappa shape index (κ1) is 17.9. The molecule has 26 heavy (non-hydrogen) atoms. The summed E-state index contributed by atoms with van der Waals surface area (Å²) in [4.78, 5) is 30.5. The number of benzene rings is 1. The van der Waals surface area contributed by atoms with Crippen molar-refractivity contribution >= 4 is 28.8 Å². The average Bonchev–Trinajstić information content (AvgIpc) is 3.20. The van der Waals surface area contributed by atoms with Crippen molar-refractivity contribution in [3.05, 3.63) is 58.2 Å². The van der Waals surface area contributed by atoms with Crippen LogP contribution in [0.15, 0.2) is 41.9 Å². The molecule has 0 saturated carbocycles. The quantitative estimate of drug-likeness (QED) is 0.767. The van der Waals surface area contributed by atoms with Crippen LogP contribution in [0.1, 0.15) is 25.9 Å². The molecule has 0 saturated heterocycles. The van der Waals surface area contributed by atoms with Crippen molar-refractivity contribution in [1.82, 2.24) is 14.5 Å². The van der Waals surface area contributed by atoms with Gasteiger partial charge in [0.25, 0.3) is 11.8 Å². The maximum atomic E-state index is 12.6. The molecule has 7 heteroatoms. The highest BCUT2D eigenvalue weighted by molar-refractivity contribution is 7.09. The van der Waals surface area contributed by atoms with E-state index in [0.717, 1.165) is 16.3 Å². The van der Waals surface area contributed by atoms with Gasteiger partial charge in [0.2, 0.25) is 0 Å². The molecule has 1 N–H and O–H groups in total. The van der Waals surface area contributed by atoms with Crippen molar-refractivity contribution in [3.8, 4) is 11.3 Å². The largest absolute Gasteiger partial charge is 0.346 e. The summed E-state index contributed by atoms with van der Waals surface area (Å²) in [6.45, 7) is 1.95. The number of hydrogen-bond donors (Lipinski definition) is 1. The lowest BCUT2D eigenvalue weighted by atomic mass is 10.2. The molecule has 2 amide bonds. The van der Waals surface area contributed by atoms with Crippen molar-refractivity contribution in [2.45, 2.75) is 6.92 Å². The van der Waals surface area contributed by atoms with E-state index < -0.39 is 0 Å². The van der Waals surface area contributed by atoms with E-state index >= 15 is 0 Å². The molecule has 0 aliphatic heterocycles. The number of nitrogens with zero attached hydrogens (tertiary/aromatic N) is 3. The molecule has 6 nitrogen and oxygen atoms in total. The minimum atomic E-state index is -0.211. The molecule has 0 bridgehead atoms. The number of thiazole rings is 1. The van der Waals surface area contributed by atoms with Crippen molar-refractivity contribution < 1.29 is 9.59 Å². The van der Waals surface area contributed by atoms with E-state index in [-0.39, 0.29) is 11.8 Å². The number of aryl methyl sites for hydroxylation is 2. The molecule has 0 aliphatic rings. The smallest absolute Gasteiger partial charge is 0.272 e. The maximum Gasteiger partial charge on any atom is 0.272 e. The zero-order valence-electron chi connectivity index (χ0n) is 15.1. The molecule has 3 aromatic rings. The van der Waals surface area contributed by atoms with Gasteiger partial charge in [-0.25, -0.2) is 4.98 Å². The number of anilines is 1. The van der Waals surface area contributed by atoms with Gasteiger partial charge >= 0.3 is 0 Å². The van der Waals surface area contributed by atoms with E-state index in [0.29, 0.717) is 16.9 Å². The standard InChI is InChI=1S/C19H20N4O2S/c1-12-20-16(11-26-12)14-9-17(23(4)10-14)18(24)21-15-7-5-13(6-8-15)19(25)22(2)3/h5-11H,1-4H3,(H,21,24).